The number of amides is 1. The van der Waals surface area contributed by atoms with Crippen molar-refractivity contribution in [1.82, 2.24) is 20.6 Å². The predicted molar refractivity (Wildman–Crippen MR) is 94.8 cm³/mol. The quantitative estimate of drug-likeness (QED) is 0.293. The molecule has 0 aliphatic heterocycles. The maximum Gasteiger partial charge on any atom is 0.329 e. The monoisotopic (exact) mass is 371 g/mol. The van der Waals surface area contributed by atoms with E-state index in [0.717, 1.165) is 23.9 Å². The van der Waals surface area contributed by atoms with E-state index in [1.807, 2.05) is 0 Å². The molecular formula is C15H25N5O4S. The van der Waals surface area contributed by atoms with Crippen LogP contribution in [0.5, 0.6) is 0 Å². The van der Waals surface area contributed by atoms with Gasteiger partial charge in [0.2, 0.25) is 11.0 Å². The first-order valence-electron chi connectivity index (χ1n) is 7.90. The fourth-order valence-corrected chi connectivity index (χ4v) is 2.97. The number of nitrogens with zero attached hydrogens (tertiary/aromatic N) is 1. The Labute approximate surface area is 150 Å². The number of thioether (sulfide) groups is 1. The molecule has 0 spiro atoms. The maximum absolute atomic E-state index is 12.5. The second-order valence-corrected chi connectivity index (χ2v) is 6.36. The second kappa shape index (κ2) is 11.6. The molecule has 10 heteroatoms. The van der Waals surface area contributed by atoms with Gasteiger partial charge in [-0.1, -0.05) is 11.8 Å². The number of carbonyl (C=O) groups is 3. The molecule has 9 nitrogen and oxygen atoms in total. The maximum atomic E-state index is 12.5. The van der Waals surface area contributed by atoms with Gasteiger partial charge in [-0.15, -0.1) is 0 Å². The summed E-state index contributed by atoms with van der Waals surface area (Å²) in [6.45, 7) is 2.43. The van der Waals surface area contributed by atoms with Crippen molar-refractivity contribution in [2.24, 2.45) is 5.73 Å². The van der Waals surface area contributed by atoms with Crippen LogP contribution in [0.3, 0.4) is 0 Å². The lowest BCUT2D eigenvalue weighted by atomic mass is 10.2. The van der Waals surface area contributed by atoms with Crippen LogP contribution in [0.25, 0.3) is 0 Å². The zero-order valence-electron chi connectivity index (χ0n) is 14.4. The minimum Gasteiger partial charge on any atom is -0.467 e. The Bertz CT molecular complexity index is 552. The Balaban J connectivity index is 2.64. The molecule has 0 aliphatic carbocycles. The molecule has 1 heterocycles. The molecule has 0 saturated carbocycles. The van der Waals surface area contributed by atoms with Gasteiger partial charge in [0.25, 0.3) is 0 Å². The van der Waals surface area contributed by atoms with Crippen LogP contribution in [0.15, 0.2) is 12.5 Å². The van der Waals surface area contributed by atoms with Gasteiger partial charge < -0.3 is 26.1 Å². The first-order chi connectivity index (χ1) is 12.0. The van der Waals surface area contributed by atoms with Crippen molar-refractivity contribution in [3.05, 3.63) is 18.2 Å². The van der Waals surface area contributed by atoms with Crippen LogP contribution in [0.4, 0.5) is 0 Å². The fraction of sp³-hybridized carbons (Fsp3) is 0.600. The first-order valence-corrected chi connectivity index (χ1v) is 8.88. The average molecular weight is 371 g/mol. The van der Waals surface area contributed by atoms with E-state index in [1.54, 1.807) is 12.5 Å². The Morgan fingerprint density at radius 2 is 2.16 bits per heavy atom. The summed E-state index contributed by atoms with van der Waals surface area (Å²) in [4.78, 5) is 42.3. The van der Waals surface area contributed by atoms with Crippen molar-refractivity contribution in [1.29, 1.82) is 0 Å². The van der Waals surface area contributed by atoms with Crippen LogP contribution in [0.1, 0.15) is 19.0 Å². The van der Waals surface area contributed by atoms with E-state index in [9.17, 15) is 14.4 Å². The van der Waals surface area contributed by atoms with Crippen LogP contribution < -0.4 is 16.4 Å². The first kappa shape index (κ1) is 21.1. The molecule has 1 amide bonds. The van der Waals surface area contributed by atoms with Crippen LogP contribution in [0, 0.1) is 0 Å². The van der Waals surface area contributed by atoms with Crippen molar-refractivity contribution in [2.45, 2.75) is 31.8 Å². The highest BCUT2D eigenvalue weighted by molar-refractivity contribution is 8.13. The van der Waals surface area contributed by atoms with Gasteiger partial charge >= 0.3 is 5.97 Å². The highest BCUT2D eigenvalue weighted by Gasteiger charge is 2.25. The number of carbonyl (C=O) groups excluding carboxylic acids is 3. The number of ether oxygens (including phenoxy) is 1. The number of nitrogens with two attached hydrogens (primary N) is 1. The number of imidazole rings is 1. The van der Waals surface area contributed by atoms with Crippen LogP contribution in [-0.4, -0.2) is 65.0 Å². The van der Waals surface area contributed by atoms with Gasteiger partial charge in [0.15, 0.2) is 0 Å². The lowest BCUT2D eigenvalue weighted by Crippen LogP contribution is -2.44. The van der Waals surface area contributed by atoms with E-state index in [2.05, 4.69) is 25.3 Å². The number of esters is 1. The summed E-state index contributed by atoms with van der Waals surface area (Å²) in [5, 5.41) is 5.51. The molecule has 1 rings (SSSR count). The van der Waals surface area contributed by atoms with Crippen molar-refractivity contribution < 1.29 is 19.1 Å². The van der Waals surface area contributed by atoms with Gasteiger partial charge in [0, 0.05) is 31.0 Å². The topological polar surface area (TPSA) is 139 Å². The zero-order chi connectivity index (χ0) is 18.7. The summed E-state index contributed by atoms with van der Waals surface area (Å²) in [5.74, 6) is -0.849. The molecule has 0 aromatic carbocycles. The second-order valence-electron chi connectivity index (χ2n) is 5.34. The Morgan fingerprint density at radius 3 is 2.72 bits per heavy atom. The number of methoxy groups -OCH3 is 1. The minimum absolute atomic E-state index is 0.100. The van der Waals surface area contributed by atoms with Crippen molar-refractivity contribution in [2.75, 3.05) is 26.0 Å². The molecular weight excluding hydrogens is 346 g/mol. The molecule has 25 heavy (non-hydrogen) atoms. The summed E-state index contributed by atoms with van der Waals surface area (Å²) in [7, 11) is 1.24. The average Bonchev–Trinajstić information content (AvgIpc) is 3.09. The van der Waals surface area contributed by atoms with E-state index in [0.29, 0.717) is 19.5 Å². The van der Waals surface area contributed by atoms with Gasteiger partial charge in [0.05, 0.1) is 19.5 Å². The smallest absolute Gasteiger partial charge is 0.329 e. The van der Waals surface area contributed by atoms with Crippen molar-refractivity contribution >= 4 is 28.8 Å². The van der Waals surface area contributed by atoms with E-state index in [-0.39, 0.29) is 16.8 Å². The SMILES string of the molecule is COC(=O)[C@H](CSC(=O)[C@H](Cc1cnc[nH]1)NCCCN)NC(C)=O. The summed E-state index contributed by atoms with van der Waals surface area (Å²) in [6.07, 6.45) is 4.39. The molecule has 2 atom stereocenters. The summed E-state index contributed by atoms with van der Waals surface area (Å²) in [6, 6.07) is -1.32. The Hall–Kier alpha value is -1.91. The third-order valence-corrected chi connectivity index (χ3v) is 4.36. The van der Waals surface area contributed by atoms with Crippen molar-refractivity contribution in [3.8, 4) is 0 Å². The number of H-pyrrole nitrogens is 1. The number of aromatic nitrogens is 2. The molecule has 0 radical (unpaired) electrons. The standard InChI is InChI=1S/C15H25N5O4S/c1-10(21)20-13(14(22)24-2)8-25-15(23)12(18-5-3-4-16)6-11-7-17-9-19-11/h7,9,12-13,18H,3-6,8,16H2,1-2H3,(H,17,19)(H,20,21)/t12-,13-/m0/s1. The molecule has 0 fully saturated rings. The van der Waals surface area contributed by atoms with Crippen LogP contribution in [-0.2, 0) is 25.5 Å². The van der Waals surface area contributed by atoms with Gasteiger partial charge in [-0.25, -0.2) is 9.78 Å². The highest BCUT2D eigenvalue weighted by atomic mass is 32.2. The summed E-state index contributed by atoms with van der Waals surface area (Å²) in [5.41, 5.74) is 6.31. The number of rotatable bonds is 11. The Kier molecular flexibility index (Phi) is 9.81. The molecule has 140 valence electrons. The van der Waals surface area contributed by atoms with E-state index >= 15 is 0 Å². The predicted octanol–water partition coefficient (Wildman–Crippen LogP) is -0.803. The number of hydrogen-bond acceptors (Lipinski definition) is 8. The lowest BCUT2D eigenvalue weighted by molar-refractivity contribution is -0.144. The molecule has 1 aromatic rings. The van der Waals surface area contributed by atoms with Gasteiger partial charge in [-0.2, -0.15) is 0 Å². The Morgan fingerprint density at radius 1 is 1.40 bits per heavy atom. The molecule has 5 N–H and O–H groups in total. The minimum atomic E-state index is -0.867. The van der Waals surface area contributed by atoms with Gasteiger partial charge in [0.1, 0.15) is 6.04 Å². The zero-order valence-corrected chi connectivity index (χ0v) is 15.2. The van der Waals surface area contributed by atoms with E-state index in [1.165, 1.54) is 14.0 Å². The van der Waals surface area contributed by atoms with E-state index < -0.39 is 18.1 Å². The normalized spacial score (nSPS) is 13.1. The number of aromatic amines is 1. The number of nitrogens with one attached hydrogen (secondary N) is 3. The third kappa shape index (κ3) is 8.14. The third-order valence-electron chi connectivity index (χ3n) is 3.29. The molecule has 0 aliphatic rings. The van der Waals surface area contributed by atoms with Crippen LogP contribution >= 0.6 is 11.8 Å². The molecule has 1 aromatic heterocycles. The molecule has 0 saturated heterocycles. The summed E-state index contributed by atoms with van der Waals surface area (Å²) >= 11 is 0.976. The largest absolute Gasteiger partial charge is 0.467 e. The highest BCUT2D eigenvalue weighted by Crippen LogP contribution is 2.12. The van der Waals surface area contributed by atoms with Gasteiger partial charge in [-0.3, -0.25) is 9.59 Å². The lowest BCUT2D eigenvalue weighted by Gasteiger charge is -2.19. The summed E-state index contributed by atoms with van der Waals surface area (Å²) < 4.78 is 4.65. The van der Waals surface area contributed by atoms with Crippen molar-refractivity contribution in [3.63, 3.8) is 0 Å². The number of hydrogen-bond donors (Lipinski definition) is 4. The fourth-order valence-electron chi connectivity index (χ4n) is 2.06. The van der Waals surface area contributed by atoms with E-state index in [4.69, 9.17) is 5.73 Å². The van der Waals surface area contributed by atoms with Gasteiger partial charge in [-0.05, 0) is 19.5 Å². The molecule has 0 bridgehead atoms. The van der Waals surface area contributed by atoms with Crippen LogP contribution in [0.2, 0.25) is 0 Å². The molecule has 0 unspecified atom stereocenters.